The van der Waals surface area contributed by atoms with Crippen LogP contribution in [0, 0.1) is 0 Å². The van der Waals surface area contributed by atoms with E-state index in [4.69, 9.17) is 14.2 Å². The van der Waals surface area contributed by atoms with Crippen LogP contribution in [0.1, 0.15) is 15.9 Å². The second-order valence-corrected chi connectivity index (χ2v) is 7.73. The van der Waals surface area contributed by atoms with E-state index in [-0.39, 0.29) is 5.91 Å². The van der Waals surface area contributed by atoms with Crippen molar-refractivity contribution in [3.05, 3.63) is 83.9 Å². The summed E-state index contributed by atoms with van der Waals surface area (Å²) in [6, 6.07) is 23.2. The Kier molecular flexibility index (Phi) is 6.92. The number of benzene rings is 3. The lowest BCUT2D eigenvalue weighted by Crippen LogP contribution is -2.48. The molecule has 1 heterocycles. The van der Waals surface area contributed by atoms with Crippen molar-refractivity contribution in [3.63, 3.8) is 0 Å². The maximum absolute atomic E-state index is 13.0. The van der Waals surface area contributed by atoms with Crippen molar-refractivity contribution in [1.82, 2.24) is 9.80 Å². The van der Waals surface area contributed by atoms with E-state index in [0.717, 1.165) is 31.1 Å². The minimum Gasteiger partial charge on any atom is -0.497 e. The molecule has 3 aromatic carbocycles. The van der Waals surface area contributed by atoms with E-state index in [1.165, 1.54) is 5.56 Å². The predicted molar refractivity (Wildman–Crippen MR) is 124 cm³/mol. The third-order valence-electron chi connectivity index (χ3n) is 5.54. The molecule has 0 radical (unpaired) electrons. The van der Waals surface area contributed by atoms with Crippen LogP contribution in [0.5, 0.6) is 23.0 Å². The number of carbonyl (C=O) groups is 1. The minimum absolute atomic E-state index is 0.000100. The number of piperazine rings is 1. The maximum Gasteiger partial charge on any atom is 0.254 e. The molecule has 1 aliphatic heterocycles. The van der Waals surface area contributed by atoms with E-state index < -0.39 is 0 Å². The van der Waals surface area contributed by atoms with Crippen LogP contribution in [-0.4, -0.2) is 56.1 Å². The Morgan fingerprint density at radius 3 is 2.06 bits per heavy atom. The van der Waals surface area contributed by atoms with Crippen LogP contribution >= 0.6 is 0 Å². The zero-order valence-corrected chi connectivity index (χ0v) is 18.5. The number of amides is 1. The maximum atomic E-state index is 13.0. The van der Waals surface area contributed by atoms with E-state index in [1.807, 2.05) is 47.4 Å². The number of para-hydroxylation sites is 1. The molecule has 0 atom stereocenters. The molecule has 1 aliphatic rings. The van der Waals surface area contributed by atoms with Crippen LogP contribution in [0.15, 0.2) is 72.8 Å². The van der Waals surface area contributed by atoms with Crippen molar-refractivity contribution < 1.29 is 19.0 Å². The summed E-state index contributed by atoms with van der Waals surface area (Å²) in [5, 5.41) is 0. The largest absolute Gasteiger partial charge is 0.497 e. The topological polar surface area (TPSA) is 51.2 Å². The van der Waals surface area contributed by atoms with E-state index >= 15 is 0 Å². The van der Waals surface area contributed by atoms with Gasteiger partial charge in [-0.25, -0.2) is 0 Å². The van der Waals surface area contributed by atoms with Gasteiger partial charge in [0.1, 0.15) is 23.0 Å². The molecule has 32 heavy (non-hydrogen) atoms. The average molecular weight is 433 g/mol. The number of methoxy groups -OCH3 is 2. The quantitative estimate of drug-likeness (QED) is 0.552. The van der Waals surface area contributed by atoms with Gasteiger partial charge in [-0.15, -0.1) is 0 Å². The average Bonchev–Trinajstić information content (AvgIpc) is 2.84. The van der Waals surface area contributed by atoms with Gasteiger partial charge >= 0.3 is 0 Å². The molecule has 0 N–H and O–H groups in total. The lowest BCUT2D eigenvalue weighted by Gasteiger charge is -2.35. The van der Waals surface area contributed by atoms with Crippen molar-refractivity contribution in [2.24, 2.45) is 0 Å². The highest BCUT2D eigenvalue weighted by Crippen LogP contribution is 2.25. The fourth-order valence-electron chi connectivity index (χ4n) is 3.81. The first kappa shape index (κ1) is 21.7. The standard InChI is InChI=1S/C26H28N2O4/c1-30-24-16-21(17-25(18-24)31-2)26(29)28-13-11-27(12-14-28)19-20-7-6-10-23(15-20)32-22-8-4-3-5-9-22/h3-10,15-18H,11-14,19H2,1-2H3. The summed E-state index contributed by atoms with van der Waals surface area (Å²) in [5.74, 6) is 2.88. The second-order valence-electron chi connectivity index (χ2n) is 7.73. The van der Waals surface area contributed by atoms with E-state index in [2.05, 4.69) is 17.0 Å². The summed E-state index contributed by atoms with van der Waals surface area (Å²) in [6.07, 6.45) is 0. The van der Waals surface area contributed by atoms with Crippen molar-refractivity contribution in [2.45, 2.75) is 6.54 Å². The van der Waals surface area contributed by atoms with Crippen LogP contribution in [0.2, 0.25) is 0 Å². The first-order valence-corrected chi connectivity index (χ1v) is 10.7. The summed E-state index contributed by atoms with van der Waals surface area (Å²) in [6.45, 7) is 3.81. The molecule has 1 amide bonds. The molecule has 0 aromatic heterocycles. The Morgan fingerprint density at radius 2 is 1.41 bits per heavy atom. The van der Waals surface area contributed by atoms with Crippen LogP contribution in [0.25, 0.3) is 0 Å². The first-order valence-electron chi connectivity index (χ1n) is 10.7. The number of carbonyl (C=O) groups excluding carboxylic acids is 1. The van der Waals surface area contributed by atoms with Gasteiger partial charge in [-0.05, 0) is 42.0 Å². The van der Waals surface area contributed by atoms with E-state index in [0.29, 0.717) is 30.2 Å². The Balaban J connectivity index is 1.34. The molecule has 1 saturated heterocycles. The third-order valence-corrected chi connectivity index (χ3v) is 5.54. The van der Waals surface area contributed by atoms with Gasteiger partial charge in [-0.2, -0.15) is 0 Å². The van der Waals surface area contributed by atoms with E-state index in [9.17, 15) is 4.79 Å². The smallest absolute Gasteiger partial charge is 0.254 e. The number of nitrogens with zero attached hydrogens (tertiary/aromatic N) is 2. The summed E-state index contributed by atoms with van der Waals surface area (Å²) in [7, 11) is 3.17. The number of hydrogen-bond acceptors (Lipinski definition) is 5. The molecule has 0 unspecified atom stereocenters. The fourth-order valence-corrected chi connectivity index (χ4v) is 3.81. The highest BCUT2D eigenvalue weighted by atomic mass is 16.5. The fraction of sp³-hybridized carbons (Fsp3) is 0.269. The zero-order valence-electron chi connectivity index (χ0n) is 18.5. The van der Waals surface area contributed by atoms with Gasteiger partial charge in [-0.3, -0.25) is 9.69 Å². The zero-order chi connectivity index (χ0) is 22.3. The first-order chi connectivity index (χ1) is 15.6. The van der Waals surface area contributed by atoms with Gasteiger partial charge < -0.3 is 19.1 Å². The minimum atomic E-state index is 0.000100. The molecule has 0 bridgehead atoms. The van der Waals surface area contributed by atoms with Crippen LogP contribution in [0.4, 0.5) is 0 Å². The van der Waals surface area contributed by atoms with Gasteiger partial charge in [0.25, 0.3) is 5.91 Å². The molecule has 0 aliphatic carbocycles. The monoisotopic (exact) mass is 432 g/mol. The normalized spacial score (nSPS) is 14.1. The predicted octanol–water partition coefficient (Wildman–Crippen LogP) is 4.45. The lowest BCUT2D eigenvalue weighted by molar-refractivity contribution is 0.0627. The molecule has 1 fully saturated rings. The molecular formula is C26H28N2O4. The van der Waals surface area contributed by atoms with Crippen LogP contribution in [-0.2, 0) is 6.54 Å². The van der Waals surface area contributed by atoms with Crippen molar-refractivity contribution >= 4 is 5.91 Å². The van der Waals surface area contributed by atoms with Gasteiger partial charge in [0.15, 0.2) is 0 Å². The molecular weight excluding hydrogens is 404 g/mol. The van der Waals surface area contributed by atoms with Crippen molar-refractivity contribution in [2.75, 3.05) is 40.4 Å². The third kappa shape index (κ3) is 5.39. The lowest BCUT2D eigenvalue weighted by atomic mass is 10.1. The number of hydrogen-bond donors (Lipinski definition) is 0. The van der Waals surface area contributed by atoms with Crippen LogP contribution in [0.3, 0.4) is 0 Å². The van der Waals surface area contributed by atoms with Crippen LogP contribution < -0.4 is 14.2 Å². The Labute approximate surface area is 188 Å². The van der Waals surface area contributed by atoms with Gasteiger partial charge in [0, 0.05) is 44.4 Å². The van der Waals surface area contributed by atoms with Gasteiger partial charge in [-0.1, -0.05) is 30.3 Å². The van der Waals surface area contributed by atoms with Gasteiger partial charge in [0.2, 0.25) is 0 Å². The van der Waals surface area contributed by atoms with Gasteiger partial charge in [0.05, 0.1) is 14.2 Å². The molecule has 4 rings (SSSR count). The number of ether oxygens (including phenoxy) is 3. The number of rotatable bonds is 7. The Bertz CT molecular complexity index is 1020. The summed E-state index contributed by atoms with van der Waals surface area (Å²) < 4.78 is 16.5. The highest BCUT2D eigenvalue weighted by Gasteiger charge is 2.23. The molecule has 3 aromatic rings. The highest BCUT2D eigenvalue weighted by molar-refractivity contribution is 5.95. The molecule has 0 saturated carbocycles. The summed E-state index contributed by atoms with van der Waals surface area (Å²) in [5.41, 5.74) is 1.77. The Morgan fingerprint density at radius 1 is 0.750 bits per heavy atom. The molecule has 6 heteroatoms. The summed E-state index contributed by atoms with van der Waals surface area (Å²) >= 11 is 0. The van der Waals surface area contributed by atoms with Crippen molar-refractivity contribution in [1.29, 1.82) is 0 Å². The second kappa shape index (κ2) is 10.2. The Hall–Kier alpha value is -3.51. The molecule has 166 valence electrons. The SMILES string of the molecule is COc1cc(OC)cc(C(=O)N2CCN(Cc3cccc(Oc4ccccc4)c3)CC2)c1. The van der Waals surface area contributed by atoms with E-state index in [1.54, 1.807) is 32.4 Å². The van der Waals surface area contributed by atoms with Crippen molar-refractivity contribution in [3.8, 4) is 23.0 Å². The summed E-state index contributed by atoms with van der Waals surface area (Å²) in [4.78, 5) is 17.2. The molecule has 6 nitrogen and oxygen atoms in total. The molecule has 0 spiro atoms.